The highest BCUT2D eigenvalue weighted by molar-refractivity contribution is 7.99. The molecule has 0 atom stereocenters. The van der Waals surface area contributed by atoms with Crippen molar-refractivity contribution in [2.24, 2.45) is 5.73 Å². The van der Waals surface area contributed by atoms with E-state index in [9.17, 15) is 4.79 Å². The summed E-state index contributed by atoms with van der Waals surface area (Å²) in [4.78, 5) is 18.1. The fourth-order valence-electron chi connectivity index (χ4n) is 0.662. The summed E-state index contributed by atoms with van der Waals surface area (Å²) in [6.07, 6.45) is 0. The van der Waals surface area contributed by atoms with Crippen molar-refractivity contribution in [3.8, 4) is 0 Å². The SMILES string of the molecule is NC(=O)CSc1nc(N)cc(N)n1. The van der Waals surface area contributed by atoms with Gasteiger partial charge in [-0.05, 0) is 0 Å². The first kappa shape index (κ1) is 9.59. The minimum atomic E-state index is -0.436. The summed E-state index contributed by atoms with van der Waals surface area (Å²) in [5.41, 5.74) is 15.7. The number of hydrogen-bond donors (Lipinski definition) is 3. The third kappa shape index (κ3) is 3.16. The van der Waals surface area contributed by atoms with Crippen LogP contribution in [0.4, 0.5) is 11.6 Å². The van der Waals surface area contributed by atoms with Crippen LogP contribution in [-0.2, 0) is 4.79 Å². The van der Waals surface area contributed by atoms with Crippen molar-refractivity contribution in [2.45, 2.75) is 5.16 Å². The minimum Gasteiger partial charge on any atom is -0.383 e. The Kier molecular flexibility index (Phi) is 2.91. The van der Waals surface area contributed by atoms with Crippen LogP contribution in [0.1, 0.15) is 0 Å². The zero-order valence-corrected chi connectivity index (χ0v) is 7.54. The van der Waals surface area contributed by atoms with Crippen LogP contribution in [0.2, 0.25) is 0 Å². The smallest absolute Gasteiger partial charge is 0.227 e. The second-order valence-electron chi connectivity index (χ2n) is 2.26. The van der Waals surface area contributed by atoms with Crippen molar-refractivity contribution < 1.29 is 4.79 Å². The zero-order chi connectivity index (χ0) is 9.84. The average Bonchev–Trinajstić information content (AvgIpc) is 1.99. The maximum Gasteiger partial charge on any atom is 0.227 e. The highest BCUT2D eigenvalue weighted by Crippen LogP contribution is 2.15. The van der Waals surface area contributed by atoms with Gasteiger partial charge < -0.3 is 17.2 Å². The predicted molar refractivity (Wildman–Crippen MR) is 50.8 cm³/mol. The van der Waals surface area contributed by atoms with Crippen molar-refractivity contribution in [1.29, 1.82) is 0 Å². The van der Waals surface area contributed by atoms with Gasteiger partial charge in [0, 0.05) is 6.07 Å². The van der Waals surface area contributed by atoms with Crippen molar-refractivity contribution in [3.05, 3.63) is 6.07 Å². The standard InChI is InChI=1S/C6H9N5OS/c7-3-1-4(8)11-6(10-3)13-2-5(9)12/h1H,2H2,(H2,9,12)(H4,7,8,10,11). The number of thioether (sulfide) groups is 1. The molecule has 6 nitrogen and oxygen atoms in total. The molecule has 0 aliphatic heterocycles. The van der Waals surface area contributed by atoms with Crippen LogP contribution < -0.4 is 17.2 Å². The van der Waals surface area contributed by atoms with E-state index in [-0.39, 0.29) is 17.4 Å². The topological polar surface area (TPSA) is 121 Å². The molecule has 70 valence electrons. The minimum absolute atomic E-state index is 0.114. The summed E-state index contributed by atoms with van der Waals surface area (Å²) in [6, 6.07) is 1.44. The van der Waals surface area contributed by atoms with Gasteiger partial charge in [-0.15, -0.1) is 0 Å². The number of nitrogens with two attached hydrogens (primary N) is 3. The molecule has 1 amide bonds. The number of rotatable bonds is 3. The van der Waals surface area contributed by atoms with Gasteiger partial charge in [0.1, 0.15) is 11.6 Å². The lowest BCUT2D eigenvalue weighted by Crippen LogP contribution is -2.13. The lowest BCUT2D eigenvalue weighted by molar-refractivity contribution is -0.115. The van der Waals surface area contributed by atoms with Crippen molar-refractivity contribution in [2.75, 3.05) is 17.2 Å². The van der Waals surface area contributed by atoms with Crippen LogP contribution in [0.5, 0.6) is 0 Å². The summed E-state index contributed by atoms with van der Waals surface area (Å²) in [5, 5.41) is 0.358. The Morgan fingerprint density at radius 2 is 1.92 bits per heavy atom. The Morgan fingerprint density at radius 3 is 2.38 bits per heavy atom. The zero-order valence-electron chi connectivity index (χ0n) is 6.73. The van der Waals surface area contributed by atoms with E-state index in [1.165, 1.54) is 6.07 Å². The Hall–Kier alpha value is -1.50. The molecule has 0 aliphatic rings. The molecule has 0 saturated carbocycles. The van der Waals surface area contributed by atoms with Crippen molar-refractivity contribution >= 4 is 29.3 Å². The first-order valence-corrected chi connectivity index (χ1v) is 4.37. The molecule has 0 aromatic carbocycles. The Bertz CT molecular complexity index is 309. The lowest BCUT2D eigenvalue weighted by Gasteiger charge is -2.00. The number of nitrogens with zero attached hydrogens (tertiary/aromatic N) is 2. The molecule has 0 radical (unpaired) electrons. The van der Waals surface area contributed by atoms with Crippen LogP contribution in [0.3, 0.4) is 0 Å². The van der Waals surface area contributed by atoms with Gasteiger partial charge in [0.25, 0.3) is 0 Å². The van der Waals surface area contributed by atoms with E-state index in [2.05, 4.69) is 9.97 Å². The summed E-state index contributed by atoms with van der Waals surface area (Å²) in [7, 11) is 0. The van der Waals surface area contributed by atoms with Gasteiger partial charge in [0.15, 0.2) is 5.16 Å². The molecule has 0 saturated heterocycles. The fraction of sp³-hybridized carbons (Fsp3) is 0.167. The maximum atomic E-state index is 10.4. The molecule has 0 bridgehead atoms. The van der Waals surface area contributed by atoms with Gasteiger partial charge in [-0.25, -0.2) is 9.97 Å². The van der Waals surface area contributed by atoms with Crippen LogP contribution in [-0.4, -0.2) is 21.6 Å². The fourth-order valence-corrected chi connectivity index (χ4v) is 1.27. The van der Waals surface area contributed by atoms with Crippen molar-refractivity contribution in [3.63, 3.8) is 0 Å². The van der Waals surface area contributed by atoms with Crippen molar-refractivity contribution in [1.82, 2.24) is 9.97 Å². The third-order valence-electron chi connectivity index (χ3n) is 1.09. The van der Waals surface area contributed by atoms with Crippen LogP contribution in [0.25, 0.3) is 0 Å². The molecule has 0 fully saturated rings. The highest BCUT2D eigenvalue weighted by atomic mass is 32.2. The van der Waals surface area contributed by atoms with E-state index in [1.807, 2.05) is 0 Å². The molecule has 0 spiro atoms. The molecule has 0 unspecified atom stereocenters. The summed E-state index contributed by atoms with van der Waals surface area (Å²) < 4.78 is 0. The summed E-state index contributed by atoms with van der Waals surface area (Å²) in [6.45, 7) is 0. The normalized spacial score (nSPS) is 9.85. The first-order valence-electron chi connectivity index (χ1n) is 3.39. The number of amides is 1. The van der Waals surface area contributed by atoms with E-state index < -0.39 is 5.91 Å². The van der Waals surface area contributed by atoms with E-state index in [4.69, 9.17) is 17.2 Å². The number of anilines is 2. The second kappa shape index (κ2) is 3.94. The van der Waals surface area contributed by atoms with E-state index in [0.717, 1.165) is 11.8 Å². The molecule has 0 aliphatic carbocycles. The number of carbonyl (C=O) groups is 1. The molecule has 1 rings (SSSR count). The quantitative estimate of drug-likeness (QED) is 0.433. The monoisotopic (exact) mass is 199 g/mol. The number of primary amides is 1. The molecule has 1 heterocycles. The van der Waals surface area contributed by atoms with Crippen LogP contribution in [0, 0.1) is 0 Å². The molecule has 13 heavy (non-hydrogen) atoms. The Balaban J connectivity index is 2.71. The Morgan fingerprint density at radius 1 is 1.38 bits per heavy atom. The molecule has 7 heteroatoms. The van der Waals surface area contributed by atoms with Gasteiger partial charge in [-0.1, -0.05) is 11.8 Å². The van der Waals surface area contributed by atoms with Gasteiger partial charge >= 0.3 is 0 Å². The van der Waals surface area contributed by atoms with Gasteiger partial charge in [-0.3, -0.25) is 4.79 Å². The lowest BCUT2D eigenvalue weighted by atomic mass is 10.5. The maximum absolute atomic E-state index is 10.4. The predicted octanol–water partition coefficient (Wildman–Crippen LogP) is -0.782. The number of carbonyl (C=O) groups excluding carboxylic acids is 1. The molecular formula is C6H9N5OS. The van der Waals surface area contributed by atoms with E-state index >= 15 is 0 Å². The number of aromatic nitrogens is 2. The highest BCUT2D eigenvalue weighted by Gasteiger charge is 2.02. The molecule has 6 N–H and O–H groups in total. The largest absolute Gasteiger partial charge is 0.383 e. The van der Waals surface area contributed by atoms with Gasteiger partial charge in [0.05, 0.1) is 5.75 Å². The van der Waals surface area contributed by atoms with Crippen LogP contribution >= 0.6 is 11.8 Å². The van der Waals surface area contributed by atoms with E-state index in [1.54, 1.807) is 0 Å². The first-order chi connectivity index (χ1) is 6.08. The number of hydrogen-bond acceptors (Lipinski definition) is 6. The second-order valence-corrected chi connectivity index (χ2v) is 3.20. The molecular weight excluding hydrogens is 190 g/mol. The number of nitrogen functional groups attached to an aromatic ring is 2. The summed E-state index contributed by atoms with van der Waals surface area (Å²) >= 11 is 1.10. The Labute approximate surface area is 78.9 Å². The average molecular weight is 199 g/mol. The third-order valence-corrected chi connectivity index (χ3v) is 1.96. The van der Waals surface area contributed by atoms with Crippen LogP contribution in [0.15, 0.2) is 11.2 Å². The van der Waals surface area contributed by atoms with Gasteiger partial charge in [0.2, 0.25) is 5.91 Å². The summed E-state index contributed by atoms with van der Waals surface area (Å²) in [5.74, 6) is 0.233. The molecule has 1 aromatic heterocycles. The van der Waals surface area contributed by atoms with Gasteiger partial charge in [-0.2, -0.15) is 0 Å². The van der Waals surface area contributed by atoms with E-state index in [0.29, 0.717) is 5.16 Å². The molecule has 1 aromatic rings.